The third-order valence-electron chi connectivity index (χ3n) is 4.79. The summed E-state index contributed by atoms with van der Waals surface area (Å²) in [5.41, 5.74) is 1.14. The van der Waals surface area contributed by atoms with Crippen molar-refractivity contribution in [1.29, 1.82) is 0 Å². The topological polar surface area (TPSA) is 49.3 Å². The number of rotatable bonds is 5. The molecule has 0 aliphatic heterocycles. The largest absolute Gasteiger partial charge is 0.391 e. The van der Waals surface area contributed by atoms with Crippen molar-refractivity contribution in [3.05, 3.63) is 16.1 Å². The van der Waals surface area contributed by atoms with Crippen molar-refractivity contribution in [2.24, 2.45) is 10.9 Å². The summed E-state index contributed by atoms with van der Waals surface area (Å²) in [4.78, 5) is 9.25. The van der Waals surface area contributed by atoms with Crippen LogP contribution in [0, 0.1) is 5.92 Å². The molecule has 1 aromatic rings. The number of thiazole rings is 1. The Labute approximate surface area is 187 Å². The average molecular weight is 532 g/mol. The smallest absolute Gasteiger partial charge is 0.357 e. The lowest BCUT2D eigenvalue weighted by Crippen LogP contribution is -2.45. The van der Waals surface area contributed by atoms with Gasteiger partial charge in [0.2, 0.25) is 0 Å². The molecule has 0 atom stereocenters. The van der Waals surface area contributed by atoms with Crippen LogP contribution in [0.5, 0.6) is 0 Å². The van der Waals surface area contributed by atoms with Crippen LogP contribution in [0.2, 0.25) is 0 Å². The predicted molar refractivity (Wildman–Crippen MR) is 121 cm³/mol. The zero-order valence-corrected chi connectivity index (χ0v) is 20.2. The van der Waals surface area contributed by atoms with Gasteiger partial charge >= 0.3 is 6.18 Å². The number of nitrogens with one attached hydrogen (secondary N) is 2. The molecule has 1 heterocycles. The third-order valence-corrected chi connectivity index (χ3v) is 5.70. The zero-order valence-electron chi connectivity index (χ0n) is 17.0. The average Bonchev–Trinajstić information content (AvgIpc) is 3.04. The molecule has 1 saturated carbocycles. The highest BCUT2D eigenvalue weighted by molar-refractivity contribution is 14.0. The minimum atomic E-state index is -4.07. The first-order chi connectivity index (χ1) is 12.6. The fourth-order valence-electron chi connectivity index (χ4n) is 3.11. The summed E-state index contributed by atoms with van der Waals surface area (Å²) in [5.74, 6) is -0.474. The summed E-state index contributed by atoms with van der Waals surface area (Å²) < 4.78 is 38.4. The Balaban J connectivity index is 0.00000392. The van der Waals surface area contributed by atoms with Gasteiger partial charge in [-0.3, -0.25) is 4.99 Å². The van der Waals surface area contributed by atoms with Crippen LogP contribution in [0.1, 0.15) is 64.1 Å². The zero-order chi connectivity index (χ0) is 20.1. The van der Waals surface area contributed by atoms with Crippen molar-refractivity contribution in [2.45, 2.75) is 77.4 Å². The third kappa shape index (κ3) is 8.04. The van der Waals surface area contributed by atoms with E-state index in [0.29, 0.717) is 25.3 Å². The lowest BCUT2D eigenvalue weighted by atomic mass is 9.85. The number of aromatic nitrogens is 1. The van der Waals surface area contributed by atoms with Gasteiger partial charge in [0.15, 0.2) is 5.96 Å². The summed E-state index contributed by atoms with van der Waals surface area (Å²) in [6.45, 7) is 9.73. The fourth-order valence-corrected chi connectivity index (χ4v) is 4.13. The molecule has 1 aromatic heterocycles. The number of guanidine groups is 1. The summed E-state index contributed by atoms with van der Waals surface area (Å²) in [6.07, 6.45) is -1.88. The quantitative estimate of drug-likeness (QED) is 0.309. The lowest BCUT2D eigenvalue weighted by molar-refractivity contribution is -0.182. The Morgan fingerprint density at radius 2 is 1.86 bits per heavy atom. The maximum Gasteiger partial charge on any atom is 0.391 e. The van der Waals surface area contributed by atoms with E-state index < -0.39 is 12.1 Å². The number of hydrogen-bond acceptors (Lipinski definition) is 3. The predicted octanol–water partition coefficient (Wildman–Crippen LogP) is 5.28. The van der Waals surface area contributed by atoms with Crippen LogP contribution in [-0.2, 0) is 11.8 Å². The molecule has 28 heavy (non-hydrogen) atoms. The molecular weight excluding hydrogens is 500 g/mol. The highest BCUT2D eigenvalue weighted by Gasteiger charge is 2.41. The number of hydrogen-bond donors (Lipinski definition) is 2. The second kappa shape index (κ2) is 11.0. The Morgan fingerprint density at radius 3 is 2.36 bits per heavy atom. The molecule has 162 valence electrons. The highest BCUT2D eigenvalue weighted by Crippen LogP contribution is 2.37. The van der Waals surface area contributed by atoms with Gasteiger partial charge in [-0.2, -0.15) is 13.2 Å². The van der Waals surface area contributed by atoms with Gasteiger partial charge < -0.3 is 10.6 Å². The molecular formula is C19H32F3IN4S. The van der Waals surface area contributed by atoms with Crippen LogP contribution in [-0.4, -0.2) is 36.3 Å². The normalized spacial score (nSPS) is 21.2. The molecule has 0 aromatic carbocycles. The minimum Gasteiger partial charge on any atom is -0.357 e. The number of halogens is 4. The van der Waals surface area contributed by atoms with Gasteiger partial charge in [0, 0.05) is 36.3 Å². The Morgan fingerprint density at radius 1 is 1.21 bits per heavy atom. The molecule has 1 aliphatic rings. The minimum absolute atomic E-state index is 0. The van der Waals surface area contributed by atoms with Crippen molar-refractivity contribution in [2.75, 3.05) is 13.1 Å². The fraction of sp³-hybridized carbons (Fsp3) is 0.789. The molecule has 2 rings (SSSR count). The van der Waals surface area contributed by atoms with Gasteiger partial charge in [-0.05, 0) is 32.6 Å². The van der Waals surface area contributed by atoms with Crippen LogP contribution in [0.25, 0.3) is 0 Å². The van der Waals surface area contributed by atoms with Gasteiger partial charge in [0.1, 0.15) is 0 Å². The van der Waals surface area contributed by atoms with Crippen LogP contribution >= 0.6 is 35.3 Å². The summed E-state index contributed by atoms with van der Waals surface area (Å²) in [5, 5.41) is 9.65. The molecule has 0 radical (unpaired) electrons. The van der Waals surface area contributed by atoms with Gasteiger partial charge in [-0.15, -0.1) is 35.3 Å². The highest BCUT2D eigenvalue weighted by atomic mass is 127. The standard InChI is InChI=1S/C19H31F3N4S.HI/c1-5-23-17(25-14-8-6-13(7-9-14)19(20,21)22)24-11-10-16-26-15(12-27-16)18(2,3)4;/h12-14H,5-11H2,1-4H3,(H2,23,24,25);1H. The van der Waals surface area contributed by atoms with Crippen molar-refractivity contribution in [1.82, 2.24) is 15.6 Å². The summed E-state index contributed by atoms with van der Waals surface area (Å²) in [6, 6.07) is 0.0498. The Bertz CT molecular complexity index is 617. The lowest BCUT2D eigenvalue weighted by Gasteiger charge is -2.31. The van der Waals surface area contributed by atoms with E-state index in [4.69, 9.17) is 0 Å². The number of nitrogens with zero attached hydrogens (tertiary/aromatic N) is 2. The molecule has 9 heteroatoms. The van der Waals surface area contributed by atoms with Crippen LogP contribution in [0.15, 0.2) is 10.4 Å². The molecule has 1 fully saturated rings. The first kappa shape index (κ1) is 25.5. The van der Waals surface area contributed by atoms with Gasteiger partial charge in [-0.1, -0.05) is 20.8 Å². The van der Waals surface area contributed by atoms with E-state index in [9.17, 15) is 13.2 Å². The van der Waals surface area contributed by atoms with Crippen molar-refractivity contribution < 1.29 is 13.2 Å². The summed E-state index contributed by atoms with van der Waals surface area (Å²) in [7, 11) is 0. The second-order valence-electron chi connectivity index (χ2n) is 8.12. The molecule has 0 unspecified atom stereocenters. The second-order valence-corrected chi connectivity index (χ2v) is 9.06. The maximum absolute atomic E-state index is 12.8. The van der Waals surface area contributed by atoms with E-state index in [2.05, 4.69) is 46.8 Å². The molecule has 2 N–H and O–H groups in total. The van der Waals surface area contributed by atoms with Crippen LogP contribution < -0.4 is 10.6 Å². The van der Waals surface area contributed by atoms with E-state index in [1.54, 1.807) is 11.3 Å². The van der Waals surface area contributed by atoms with Gasteiger partial charge in [-0.25, -0.2) is 4.98 Å². The first-order valence-electron chi connectivity index (χ1n) is 9.66. The molecule has 0 saturated heterocycles. The number of alkyl halides is 3. The molecule has 0 amide bonds. The van der Waals surface area contributed by atoms with Gasteiger partial charge in [0.25, 0.3) is 0 Å². The van der Waals surface area contributed by atoms with Gasteiger partial charge in [0.05, 0.1) is 16.6 Å². The Hall–Kier alpha value is -0.580. The van der Waals surface area contributed by atoms with E-state index in [1.807, 2.05) is 6.92 Å². The van der Waals surface area contributed by atoms with Crippen molar-refractivity contribution >= 4 is 41.3 Å². The van der Waals surface area contributed by atoms with Crippen molar-refractivity contribution in [3.63, 3.8) is 0 Å². The SMILES string of the molecule is CCNC(=NCCc1nc(C(C)(C)C)cs1)NC1CCC(C(F)(F)F)CC1.I. The van der Waals surface area contributed by atoms with Crippen LogP contribution in [0.3, 0.4) is 0 Å². The van der Waals surface area contributed by atoms with Crippen molar-refractivity contribution in [3.8, 4) is 0 Å². The molecule has 4 nitrogen and oxygen atoms in total. The number of aliphatic imine (C=N–C) groups is 1. The van der Waals surface area contributed by atoms with E-state index >= 15 is 0 Å². The Kier molecular flexibility index (Phi) is 9.99. The van der Waals surface area contributed by atoms with Crippen LogP contribution in [0.4, 0.5) is 13.2 Å². The first-order valence-corrected chi connectivity index (χ1v) is 10.5. The van der Waals surface area contributed by atoms with E-state index in [1.165, 1.54) is 0 Å². The molecule has 1 aliphatic carbocycles. The monoisotopic (exact) mass is 532 g/mol. The van der Waals surface area contributed by atoms with E-state index in [-0.39, 0.29) is 48.3 Å². The summed E-state index contributed by atoms with van der Waals surface area (Å²) >= 11 is 1.65. The maximum atomic E-state index is 12.8. The van der Waals surface area contributed by atoms with E-state index in [0.717, 1.165) is 23.7 Å². The molecule has 0 spiro atoms. The molecule has 0 bridgehead atoms.